The van der Waals surface area contributed by atoms with Gasteiger partial charge in [0.25, 0.3) is 0 Å². The van der Waals surface area contributed by atoms with Gasteiger partial charge in [0, 0.05) is 87.2 Å². The number of imidazole rings is 1. The third-order valence-corrected chi connectivity index (χ3v) is 24.5. The van der Waals surface area contributed by atoms with Crippen molar-refractivity contribution in [3.05, 3.63) is 114 Å². The minimum absolute atomic E-state index is 0.0129. The summed E-state index contributed by atoms with van der Waals surface area (Å²) in [5.74, 6) is -24.7. The Bertz CT molecular complexity index is 5520. The lowest BCUT2D eigenvalue weighted by molar-refractivity contribution is -0.143. The van der Waals surface area contributed by atoms with Gasteiger partial charge in [0.2, 0.25) is 118 Å². The number of nitrogens with zero attached hydrogens (tertiary/aromatic N) is 3. The summed E-state index contributed by atoms with van der Waals surface area (Å²) in [6.45, 7) is 5.46. The van der Waals surface area contributed by atoms with Crippen LogP contribution in [0.5, 0.6) is 11.5 Å². The topological polar surface area (TPSA) is 857 Å². The fourth-order valence-electron chi connectivity index (χ4n) is 16.3. The van der Waals surface area contributed by atoms with Crippen molar-refractivity contribution in [1.29, 1.82) is 5.41 Å². The van der Waals surface area contributed by atoms with Gasteiger partial charge in [-0.05, 0) is 123 Å². The summed E-state index contributed by atoms with van der Waals surface area (Å²) in [6.07, 6.45) is 0.322. The van der Waals surface area contributed by atoms with Crippen LogP contribution >= 0.6 is 12.6 Å². The Kier molecular flexibility index (Phi) is 47.2. The van der Waals surface area contributed by atoms with E-state index in [1.165, 1.54) is 93.6 Å². The van der Waals surface area contributed by atoms with E-state index in [2.05, 4.69) is 113 Å². The molecular weight excluding hydrogens is 1960 g/mol. The van der Waals surface area contributed by atoms with Crippen LogP contribution in [0.15, 0.2) is 91.5 Å². The fraction of sp³-hybridized carbons (Fsp3) is 0.521. The van der Waals surface area contributed by atoms with E-state index in [1.54, 1.807) is 44.3 Å². The molecule has 20 amide bonds. The molecule has 34 N–H and O–H groups in total. The molecule has 0 spiro atoms. The number of para-hydroxylation sites is 1. The van der Waals surface area contributed by atoms with Gasteiger partial charge in [0.15, 0.2) is 5.96 Å². The minimum atomic E-state index is -1.91. The number of carbonyl (C=O) groups is 21. The van der Waals surface area contributed by atoms with Crippen LogP contribution in [0.25, 0.3) is 10.9 Å². The third kappa shape index (κ3) is 37.8. The summed E-state index contributed by atoms with van der Waals surface area (Å²) in [6, 6.07) is -7.62. The molecule has 7 rings (SSSR count). The lowest BCUT2D eigenvalue weighted by Crippen LogP contribution is -2.61. The lowest BCUT2D eigenvalue weighted by Gasteiger charge is -2.31. The average Bonchev–Trinajstić information content (AvgIpc) is 1.64. The standard InChI is InChI=1S/C94H135N27O26S/c1-46(2)32-61(113-89(142)70-16-10-30-120(70)91(144)65(35-51-38-103-57-13-8-7-12-55(51)57)115-80(133)58(14-9-29-102-94(99)100)109-84(137)64(37-73(98)128)112-81(134)59(25-27-71(96)126)107-74(129)40-104-78(131)56(95)36-52-39-101-45-106-52)83(136)116-67(43-123)86(139)117-68(44-148)92(145)121-31-11-15-69(121)88(141)110-60(26-28-72(97)127)82(135)111-63(34-50-19-23-54(125)24-20-50)85(138)118-76(47(3)4)90(143)114-62(33-49-17-21-53(124)22-18-49)79(132)105-41-75(130)108-66(42-122)87(140)119-77(48(5)6)93(146)147/h7-8,12-13,17-24,38-39,45-48,56,58-70,76-77,103,122-125,148H,9-11,14-16,25-37,40-44,95H2,1-6H3,(H2,96,126)(H2,97,127)(H2,98,128)(H,101,106)(H,104,131)(H,105,132)(H,107,129)(H,108,130)(H,109,137)(H,110,141)(H,111,135)(H,112,134)(H,113,142)(H,114,143)(H,115,133)(H,116,136)(H,117,139)(H,118,138)(H,119,140)(H,146,147)(H4,99,100,102)/t56-,58-,59-,60-,61-,62-,63-,64-,65-,66-,67-,68-,69-,70-,76-,77-/m0/s1. The molecule has 0 aliphatic carbocycles. The number of nitrogens with one attached hydrogen (secondary N) is 19. The molecule has 54 heteroatoms. The number of carbonyl (C=O) groups excluding carboxylic acids is 20. The highest BCUT2D eigenvalue weighted by atomic mass is 32.1. The van der Waals surface area contributed by atoms with Crippen molar-refractivity contribution in [3.63, 3.8) is 0 Å². The molecule has 0 saturated carbocycles. The number of aliphatic carboxylic acids is 1. The van der Waals surface area contributed by atoms with Gasteiger partial charge in [-0.3, -0.25) is 101 Å². The number of phenolic OH excluding ortho intramolecular Hbond substituents is 2. The quantitative estimate of drug-likeness (QED) is 0.00744. The van der Waals surface area contributed by atoms with Crippen LogP contribution in [-0.4, -0.2) is 329 Å². The number of aromatic nitrogens is 3. The molecule has 4 heterocycles. The van der Waals surface area contributed by atoms with Gasteiger partial charge in [-0.15, -0.1) is 0 Å². The second-order valence-corrected chi connectivity index (χ2v) is 37.3. The number of primary amides is 3. The number of aromatic hydroxyl groups is 2. The largest absolute Gasteiger partial charge is 0.508 e. The Morgan fingerprint density at radius 2 is 0.892 bits per heavy atom. The number of thiol groups is 1. The zero-order valence-electron chi connectivity index (χ0n) is 82.6. The van der Waals surface area contributed by atoms with Crippen LogP contribution in [0.1, 0.15) is 141 Å². The molecule has 53 nitrogen and oxygen atoms in total. The maximum atomic E-state index is 15.5. The van der Waals surface area contributed by atoms with E-state index in [4.69, 9.17) is 34.1 Å². The van der Waals surface area contributed by atoms with Crippen molar-refractivity contribution in [1.82, 2.24) is 110 Å². The van der Waals surface area contributed by atoms with Gasteiger partial charge >= 0.3 is 5.97 Å². The molecule has 2 aliphatic rings. The Morgan fingerprint density at radius 3 is 1.40 bits per heavy atom. The van der Waals surface area contributed by atoms with Crippen LogP contribution in [-0.2, 0) is 126 Å². The van der Waals surface area contributed by atoms with Crippen LogP contribution in [0.3, 0.4) is 0 Å². The molecule has 2 aromatic heterocycles. The molecule has 5 aromatic rings. The SMILES string of the molecule is CC(C)C[C@H](NC(=O)[C@@H]1CCCN1C(=O)[C@H](Cc1c[nH]c2ccccc12)NC(=O)[C@H](CCCNC(=N)N)NC(=O)[C@H](CC(N)=O)NC(=O)[C@H](CCC(N)=O)NC(=O)CNC(=O)[C@@H](N)Cc1c[nH]cn1)C(=O)N[C@@H](CO)C(=O)N[C@@H](CS)C(=O)N1CCC[C@H]1C(=O)N[C@@H](CCC(N)=O)C(=O)N[C@@H](Cc1ccc(O)cc1)C(=O)N[C@H](C(=O)N[C@@H](Cc1ccc(O)cc1)C(=O)NCC(=O)N[C@@H](CO)C(=O)N[C@H](C(=O)O)C(C)C)C(C)C. The number of aromatic amines is 2. The van der Waals surface area contributed by atoms with Gasteiger partial charge in [-0.25, -0.2) is 9.78 Å². The van der Waals surface area contributed by atoms with E-state index >= 15 is 9.59 Å². The van der Waals surface area contributed by atoms with Gasteiger partial charge in [-0.2, -0.15) is 12.6 Å². The van der Waals surface area contributed by atoms with Crippen LogP contribution in [0.4, 0.5) is 0 Å². The van der Waals surface area contributed by atoms with Crippen molar-refractivity contribution >= 4 is 154 Å². The number of likely N-dealkylation sites (tertiary alicyclic amines) is 2. The zero-order chi connectivity index (χ0) is 109. The van der Waals surface area contributed by atoms with Crippen LogP contribution in [0, 0.1) is 23.2 Å². The Morgan fingerprint density at radius 1 is 0.459 bits per heavy atom. The number of rotatable bonds is 60. The van der Waals surface area contributed by atoms with Crippen molar-refractivity contribution in [2.45, 2.75) is 241 Å². The summed E-state index contributed by atoms with van der Waals surface area (Å²) >= 11 is 4.34. The first-order chi connectivity index (χ1) is 70.1. The number of phenols is 2. The minimum Gasteiger partial charge on any atom is -0.508 e. The predicted molar refractivity (Wildman–Crippen MR) is 531 cm³/mol. The van der Waals surface area contributed by atoms with Crippen molar-refractivity contribution in [2.24, 2.45) is 46.4 Å². The zero-order valence-corrected chi connectivity index (χ0v) is 83.5. The number of aliphatic hydroxyl groups excluding tert-OH is 2. The monoisotopic (exact) mass is 2090 g/mol. The number of guanidine groups is 1. The number of H-pyrrole nitrogens is 2. The Labute approximate surface area is 855 Å². The van der Waals surface area contributed by atoms with Gasteiger partial charge in [0.05, 0.1) is 50.8 Å². The highest BCUT2D eigenvalue weighted by Crippen LogP contribution is 2.27. The van der Waals surface area contributed by atoms with Crippen molar-refractivity contribution in [3.8, 4) is 11.5 Å². The second kappa shape index (κ2) is 58.5. The van der Waals surface area contributed by atoms with E-state index in [0.29, 0.717) is 33.3 Å². The number of carboxylic acids is 1. The molecule has 16 atom stereocenters. The molecule has 0 bridgehead atoms. The summed E-state index contributed by atoms with van der Waals surface area (Å²) in [4.78, 5) is 304. The second-order valence-electron chi connectivity index (χ2n) is 36.9. The Hall–Kier alpha value is -15.6. The molecule has 2 saturated heterocycles. The average molecular weight is 2090 g/mol. The van der Waals surface area contributed by atoms with Gasteiger partial charge in [-0.1, -0.05) is 84.0 Å². The maximum Gasteiger partial charge on any atom is 0.326 e. The number of benzene rings is 3. The van der Waals surface area contributed by atoms with Gasteiger partial charge < -0.3 is 159 Å². The maximum absolute atomic E-state index is 15.5. The summed E-state index contributed by atoms with van der Waals surface area (Å²) in [5, 5.41) is 98.4. The molecule has 2 aliphatic heterocycles. The molecule has 808 valence electrons. The lowest BCUT2D eigenvalue weighted by atomic mass is 9.99. The molecular formula is C94H135N27O26S. The van der Waals surface area contributed by atoms with E-state index in [1.807, 2.05) is 0 Å². The summed E-state index contributed by atoms with van der Waals surface area (Å²) in [7, 11) is 0. The molecule has 3 aromatic carbocycles. The van der Waals surface area contributed by atoms with Crippen LogP contribution < -0.4 is 114 Å². The Balaban J connectivity index is 1.04. The highest BCUT2D eigenvalue weighted by molar-refractivity contribution is 7.80. The van der Waals surface area contributed by atoms with E-state index in [-0.39, 0.29) is 102 Å². The van der Waals surface area contributed by atoms with Gasteiger partial charge in [0.1, 0.15) is 102 Å². The fourth-order valence-corrected chi connectivity index (χ4v) is 16.5. The van der Waals surface area contributed by atoms with Crippen molar-refractivity contribution < 1.29 is 126 Å². The first-order valence-corrected chi connectivity index (χ1v) is 48.6. The third-order valence-electron chi connectivity index (χ3n) is 24.1. The number of carboxylic acid groups (broad SMARTS) is 1. The molecule has 148 heavy (non-hydrogen) atoms. The highest BCUT2D eigenvalue weighted by Gasteiger charge is 2.45. The number of hydrogen-bond donors (Lipinski definition) is 30. The van der Waals surface area contributed by atoms with E-state index < -0.39 is 309 Å². The number of fused-ring (bicyclic) bond motifs is 1. The molecule has 2 fully saturated rings. The number of aliphatic hydroxyl groups is 2. The summed E-state index contributed by atoms with van der Waals surface area (Å²) < 4.78 is 0. The molecule has 0 unspecified atom stereocenters. The number of nitrogens with two attached hydrogens (primary N) is 5. The molecule has 0 radical (unpaired) electrons. The smallest absolute Gasteiger partial charge is 0.326 e. The number of amides is 20. The first-order valence-electron chi connectivity index (χ1n) is 48.0. The van der Waals surface area contributed by atoms with E-state index in [9.17, 15) is 117 Å². The van der Waals surface area contributed by atoms with E-state index in [0.717, 1.165) is 4.90 Å². The normalized spacial score (nSPS) is 16.1. The van der Waals surface area contributed by atoms with Crippen LogP contribution in [0.2, 0.25) is 0 Å². The predicted octanol–water partition coefficient (Wildman–Crippen LogP) is -8.56. The summed E-state index contributed by atoms with van der Waals surface area (Å²) in [5.41, 5.74) is 30.3. The first kappa shape index (κ1) is 119. The van der Waals surface area contributed by atoms with Crippen molar-refractivity contribution in [2.75, 3.05) is 51.7 Å². The number of hydrogen-bond acceptors (Lipinski definition) is 29.